The molecule has 0 aliphatic heterocycles. The van der Waals surface area contributed by atoms with Crippen molar-refractivity contribution in [3.05, 3.63) is 45.0 Å². The predicted molar refractivity (Wildman–Crippen MR) is 79.3 cm³/mol. The zero-order chi connectivity index (χ0) is 14.2. The Hall–Kier alpha value is -0.775. The molecule has 7 heteroatoms. The van der Waals surface area contributed by atoms with Gasteiger partial charge in [-0.15, -0.1) is 0 Å². The van der Waals surface area contributed by atoms with Crippen LogP contribution in [-0.2, 0) is 0 Å². The van der Waals surface area contributed by atoms with Gasteiger partial charge in [-0.2, -0.15) is 0 Å². The van der Waals surface area contributed by atoms with E-state index in [4.69, 9.17) is 34.8 Å². The van der Waals surface area contributed by atoms with Crippen molar-refractivity contribution in [3.8, 4) is 11.3 Å². The standard InChI is InChI=1S/C12H9BCl3NO2/c1-6-2-8(13(18)19)12(17-5-6)7-3-10(15)11(16)4-9(7)14/h2-5,18-19H,1H3. The third-order valence-electron chi connectivity index (χ3n) is 2.60. The summed E-state index contributed by atoms with van der Waals surface area (Å²) in [6, 6.07) is 4.68. The highest BCUT2D eigenvalue weighted by Crippen LogP contribution is 2.33. The van der Waals surface area contributed by atoms with Crippen LogP contribution in [0, 0.1) is 6.92 Å². The van der Waals surface area contributed by atoms with Crippen LogP contribution in [0.3, 0.4) is 0 Å². The molecule has 1 aromatic heterocycles. The lowest BCUT2D eigenvalue weighted by Crippen LogP contribution is -2.32. The molecule has 98 valence electrons. The molecule has 0 amide bonds. The number of nitrogens with zero attached hydrogens (tertiary/aromatic N) is 1. The van der Waals surface area contributed by atoms with Crippen molar-refractivity contribution in [2.75, 3.05) is 0 Å². The molecule has 0 fully saturated rings. The lowest BCUT2D eigenvalue weighted by atomic mass is 9.77. The zero-order valence-corrected chi connectivity index (χ0v) is 12.1. The highest BCUT2D eigenvalue weighted by atomic mass is 35.5. The minimum absolute atomic E-state index is 0.264. The minimum atomic E-state index is -1.65. The van der Waals surface area contributed by atoms with Crippen LogP contribution in [0.4, 0.5) is 0 Å². The molecule has 0 bridgehead atoms. The van der Waals surface area contributed by atoms with Crippen molar-refractivity contribution in [2.24, 2.45) is 0 Å². The first-order valence-corrected chi connectivity index (χ1v) is 6.51. The highest BCUT2D eigenvalue weighted by Gasteiger charge is 2.20. The van der Waals surface area contributed by atoms with Gasteiger partial charge < -0.3 is 10.0 Å². The number of pyridine rings is 1. The van der Waals surface area contributed by atoms with Gasteiger partial charge in [0.15, 0.2) is 0 Å². The minimum Gasteiger partial charge on any atom is -0.423 e. The van der Waals surface area contributed by atoms with Gasteiger partial charge in [-0.05, 0) is 24.6 Å². The van der Waals surface area contributed by atoms with E-state index in [2.05, 4.69) is 4.98 Å². The van der Waals surface area contributed by atoms with Gasteiger partial charge in [0.1, 0.15) is 0 Å². The van der Waals surface area contributed by atoms with E-state index in [0.717, 1.165) is 5.56 Å². The molecule has 0 aliphatic rings. The first-order chi connectivity index (χ1) is 8.90. The summed E-state index contributed by atoms with van der Waals surface area (Å²) in [6.07, 6.45) is 1.61. The molecular weight excluding hydrogens is 307 g/mol. The predicted octanol–water partition coefficient (Wildman–Crippen LogP) is 2.70. The van der Waals surface area contributed by atoms with Crippen molar-refractivity contribution in [1.29, 1.82) is 0 Å². The van der Waals surface area contributed by atoms with E-state index in [0.29, 0.717) is 26.3 Å². The van der Waals surface area contributed by atoms with Gasteiger partial charge in [0.25, 0.3) is 0 Å². The van der Waals surface area contributed by atoms with E-state index in [-0.39, 0.29) is 5.46 Å². The first kappa shape index (κ1) is 14.6. The van der Waals surface area contributed by atoms with Crippen LogP contribution in [0.2, 0.25) is 15.1 Å². The molecule has 19 heavy (non-hydrogen) atoms. The second kappa shape index (κ2) is 5.69. The van der Waals surface area contributed by atoms with Gasteiger partial charge in [-0.1, -0.05) is 40.9 Å². The maximum Gasteiger partial charge on any atom is 0.490 e. The molecule has 2 rings (SSSR count). The van der Waals surface area contributed by atoms with E-state index in [1.807, 2.05) is 0 Å². The van der Waals surface area contributed by atoms with Crippen molar-refractivity contribution in [2.45, 2.75) is 6.92 Å². The summed E-state index contributed by atoms with van der Waals surface area (Å²) in [4.78, 5) is 4.20. The second-order valence-electron chi connectivity index (χ2n) is 4.07. The summed E-state index contributed by atoms with van der Waals surface area (Å²) >= 11 is 17.9. The number of aryl methyl sites for hydroxylation is 1. The molecule has 0 aliphatic carbocycles. The summed E-state index contributed by atoms with van der Waals surface area (Å²) in [7, 11) is -1.65. The van der Waals surface area contributed by atoms with E-state index < -0.39 is 7.12 Å². The average molecular weight is 316 g/mol. The lowest BCUT2D eigenvalue weighted by molar-refractivity contribution is 0.426. The summed E-state index contributed by atoms with van der Waals surface area (Å²) < 4.78 is 0. The Morgan fingerprint density at radius 1 is 1.00 bits per heavy atom. The van der Waals surface area contributed by atoms with E-state index in [1.54, 1.807) is 25.3 Å². The Morgan fingerprint density at radius 3 is 2.26 bits per heavy atom. The summed E-state index contributed by atoms with van der Waals surface area (Å²) in [5.74, 6) is 0. The van der Waals surface area contributed by atoms with E-state index in [1.165, 1.54) is 6.07 Å². The van der Waals surface area contributed by atoms with Crippen LogP contribution >= 0.6 is 34.8 Å². The molecule has 0 saturated carbocycles. The summed E-state index contributed by atoms with van der Waals surface area (Å²) in [6.45, 7) is 1.80. The smallest absolute Gasteiger partial charge is 0.423 e. The molecule has 1 aromatic carbocycles. The van der Waals surface area contributed by atoms with E-state index >= 15 is 0 Å². The van der Waals surface area contributed by atoms with Gasteiger partial charge >= 0.3 is 7.12 Å². The molecular formula is C12H9BCl3NO2. The fourth-order valence-electron chi connectivity index (χ4n) is 1.72. The van der Waals surface area contributed by atoms with Gasteiger partial charge in [0, 0.05) is 17.2 Å². The maximum absolute atomic E-state index is 9.42. The molecule has 2 aromatic rings. The Kier molecular flexibility index (Phi) is 4.38. The van der Waals surface area contributed by atoms with Crippen LogP contribution in [0.15, 0.2) is 24.4 Å². The average Bonchev–Trinajstić information content (AvgIpc) is 2.34. The zero-order valence-electron chi connectivity index (χ0n) is 9.86. The van der Waals surface area contributed by atoms with Crippen LogP contribution in [0.5, 0.6) is 0 Å². The molecule has 0 unspecified atom stereocenters. The van der Waals surface area contributed by atoms with Crippen LogP contribution in [0.1, 0.15) is 5.56 Å². The third-order valence-corrected chi connectivity index (χ3v) is 3.63. The van der Waals surface area contributed by atoms with Crippen LogP contribution < -0.4 is 5.46 Å². The van der Waals surface area contributed by atoms with Crippen LogP contribution in [-0.4, -0.2) is 22.2 Å². The summed E-state index contributed by atoms with van der Waals surface area (Å²) in [5.41, 5.74) is 1.94. The Bertz CT molecular complexity index is 635. The maximum atomic E-state index is 9.42. The van der Waals surface area contributed by atoms with E-state index in [9.17, 15) is 10.0 Å². The molecule has 3 nitrogen and oxygen atoms in total. The summed E-state index contributed by atoms with van der Waals surface area (Å²) in [5, 5.41) is 19.8. The largest absolute Gasteiger partial charge is 0.490 e. The molecule has 0 spiro atoms. The van der Waals surface area contributed by atoms with Crippen molar-refractivity contribution >= 4 is 47.4 Å². The number of hydrogen-bond donors (Lipinski definition) is 2. The Labute approximate surface area is 125 Å². The van der Waals surface area contributed by atoms with Gasteiger partial charge in [-0.3, -0.25) is 4.98 Å². The van der Waals surface area contributed by atoms with Gasteiger partial charge in [-0.25, -0.2) is 0 Å². The molecule has 1 heterocycles. The topological polar surface area (TPSA) is 53.4 Å². The number of halogens is 3. The van der Waals surface area contributed by atoms with Crippen molar-refractivity contribution < 1.29 is 10.0 Å². The number of aromatic nitrogens is 1. The van der Waals surface area contributed by atoms with Crippen molar-refractivity contribution in [3.63, 3.8) is 0 Å². The van der Waals surface area contributed by atoms with Crippen LogP contribution in [0.25, 0.3) is 11.3 Å². The third kappa shape index (κ3) is 3.04. The SMILES string of the molecule is Cc1cnc(-c2cc(Cl)c(Cl)cc2Cl)c(B(O)O)c1. The fourth-order valence-corrected chi connectivity index (χ4v) is 2.35. The Balaban J connectivity index is 2.68. The number of hydrogen-bond acceptors (Lipinski definition) is 3. The Morgan fingerprint density at radius 2 is 1.63 bits per heavy atom. The second-order valence-corrected chi connectivity index (χ2v) is 5.29. The van der Waals surface area contributed by atoms with Gasteiger partial charge in [0.05, 0.1) is 20.8 Å². The number of benzene rings is 1. The quantitative estimate of drug-likeness (QED) is 0.661. The normalized spacial score (nSPS) is 10.6. The molecule has 0 saturated heterocycles. The number of rotatable bonds is 2. The highest BCUT2D eigenvalue weighted by molar-refractivity contribution is 6.60. The van der Waals surface area contributed by atoms with Crippen molar-refractivity contribution in [1.82, 2.24) is 4.98 Å². The fraction of sp³-hybridized carbons (Fsp3) is 0.0833. The molecule has 2 N–H and O–H groups in total. The molecule has 0 radical (unpaired) electrons. The first-order valence-electron chi connectivity index (χ1n) is 5.37. The monoisotopic (exact) mass is 315 g/mol. The lowest BCUT2D eigenvalue weighted by Gasteiger charge is -2.11. The molecule has 0 atom stereocenters. The van der Waals surface area contributed by atoms with Gasteiger partial charge in [0.2, 0.25) is 0 Å².